The number of nitrogens with one attached hydrogen (secondary N) is 1. The summed E-state index contributed by atoms with van der Waals surface area (Å²) in [5.41, 5.74) is 2.12. The van der Waals surface area contributed by atoms with E-state index in [-0.39, 0.29) is 23.7 Å². The van der Waals surface area contributed by atoms with E-state index >= 15 is 0 Å². The van der Waals surface area contributed by atoms with Gasteiger partial charge < -0.3 is 10.2 Å². The molecule has 3 rings (SSSR count). The highest BCUT2D eigenvalue weighted by Crippen LogP contribution is 2.27. The highest BCUT2D eigenvalue weighted by molar-refractivity contribution is 7.93. The van der Waals surface area contributed by atoms with Gasteiger partial charge in [-0.1, -0.05) is 0 Å². The van der Waals surface area contributed by atoms with Gasteiger partial charge in [0.2, 0.25) is 10.0 Å². The van der Waals surface area contributed by atoms with Crippen molar-refractivity contribution >= 4 is 21.6 Å². The molecule has 7 heteroatoms. The Morgan fingerprint density at radius 2 is 2.00 bits per heavy atom. The molecule has 132 valence electrons. The Kier molecular flexibility index (Phi) is 4.57. The zero-order chi connectivity index (χ0) is 17.5. The van der Waals surface area contributed by atoms with Crippen LogP contribution in [-0.2, 0) is 10.0 Å². The zero-order valence-corrected chi connectivity index (χ0v) is 15.3. The number of carbonyl (C=O) groups excluding carboxylic acids is 1. The van der Waals surface area contributed by atoms with Crippen LogP contribution in [-0.4, -0.2) is 56.7 Å². The van der Waals surface area contributed by atoms with Gasteiger partial charge in [0.25, 0.3) is 5.91 Å². The van der Waals surface area contributed by atoms with Gasteiger partial charge in [-0.3, -0.25) is 9.10 Å². The third-order valence-corrected chi connectivity index (χ3v) is 6.99. The molecule has 0 aliphatic carbocycles. The molecule has 0 aromatic heterocycles. The van der Waals surface area contributed by atoms with E-state index in [9.17, 15) is 13.2 Å². The summed E-state index contributed by atoms with van der Waals surface area (Å²) in [5.74, 6) is 0.215. The first-order chi connectivity index (χ1) is 11.3. The quantitative estimate of drug-likeness (QED) is 0.873. The summed E-state index contributed by atoms with van der Waals surface area (Å²) in [4.78, 5) is 14.8. The lowest BCUT2D eigenvalue weighted by Gasteiger charge is -2.39. The second-order valence-corrected chi connectivity index (χ2v) is 8.74. The van der Waals surface area contributed by atoms with Crippen LogP contribution in [0.5, 0.6) is 0 Å². The maximum atomic E-state index is 12.9. The minimum Gasteiger partial charge on any atom is -0.333 e. The lowest BCUT2D eigenvalue weighted by molar-refractivity contribution is 0.0602. The van der Waals surface area contributed by atoms with Gasteiger partial charge in [-0.25, -0.2) is 8.42 Å². The first-order valence-corrected chi connectivity index (χ1v) is 10.1. The molecule has 0 radical (unpaired) electrons. The van der Waals surface area contributed by atoms with E-state index in [4.69, 9.17) is 0 Å². The Bertz CT molecular complexity index is 747. The summed E-state index contributed by atoms with van der Waals surface area (Å²) < 4.78 is 25.6. The molecule has 24 heavy (non-hydrogen) atoms. The average Bonchev–Trinajstić information content (AvgIpc) is 2.88. The van der Waals surface area contributed by atoms with Gasteiger partial charge in [0.1, 0.15) is 0 Å². The summed E-state index contributed by atoms with van der Waals surface area (Å²) in [5, 5.41) is 3.37. The molecule has 2 fully saturated rings. The van der Waals surface area contributed by atoms with E-state index in [1.54, 1.807) is 12.1 Å². The molecule has 1 aromatic rings. The second kappa shape index (κ2) is 6.37. The second-order valence-electron chi connectivity index (χ2n) is 6.72. The number of hydrogen-bond acceptors (Lipinski definition) is 4. The van der Waals surface area contributed by atoms with Crippen molar-refractivity contribution in [1.29, 1.82) is 0 Å². The maximum Gasteiger partial charge on any atom is 0.254 e. The number of aryl methyl sites for hydroxylation is 1. The molecule has 6 nitrogen and oxygen atoms in total. The molecule has 1 N–H and O–H groups in total. The van der Waals surface area contributed by atoms with Crippen LogP contribution < -0.4 is 9.62 Å². The minimum atomic E-state index is -3.20. The van der Waals surface area contributed by atoms with E-state index in [1.807, 2.05) is 17.9 Å². The van der Waals surface area contributed by atoms with Gasteiger partial charge in [0.15, 0.2) is 0 Å². The number of piperazine rings is 1. The fraction of sp³-hybridized carbons (Fsp3) is 0.588. The van der Waals surface area contributed by atoms with Crippen LogP contribution in [0.15, 0.2) is 18.2 Å². The van der Waals surface area contributed by atoms with Gasteiger partial charge in [0, 0.05) is 37.3 Å². The van der Waals surface area contributed by atoms with Crippen LogP contribution in [0.1, 0.15) is 36.2 Å². The fourth-order valence-electron chi connectivity index (χ4n) is 3.47. The van der Waals surface area contributed by atoms with Gasteiger partial charge in [-0.2, -0.15) is 0 Å². The Morgan fingerprint density at radius 1 is 1.25 bits per heavy atom. The largest absolute Gasteiger partial charge is 0.333 e. The van der Waals surface area contributed by atoms with Crippen LogP contribution in [0, 0.1) is 6.92 Å². The van der Waals surface area contributed by atoms with E-state index in [0.29, 0.717) is 30.8 Å². The first kappa shape index (κ1) is 17.2. The minimum absolute atomic E-state index is 0.0178. The molecule has 0 spiro atoms. The van der Waals surface area contributed by atoms with Crippen LogP contribution >= 0.6 is 0 Å². The number of hydrogen-bond donors (Lipinski definition) is 1. The van der Waals surface area contributed by atoms with Gasteiger partial charge >= 0.3 is 0 Å². The smallest absolute Gasteiger partial charge is 0.254 e. The van der Waals surface area contributed by atoms with Gasteiger partial charge in [0.05, 0.1) is 11.4 Å². The molecular formula is C17H25N3O3S. The van der Waals surface area contributed by atoms with Gasteiger partial charge in [-0.05, 0) is 51.0 Å². The molecule has 1 aromatic carbocycles. The van der Waals surface area contributed by atoms with Crippen molar-refractivity contribution < 1.29 is 13.2 Å². The summed E-state index contributed by atoms with van der Waals surface area (Å²) in [7, 11) is -3.20. The number of nitrogens with zero attached hydrogens (tertiary/aromatic N) is 2. The molecule has 2 heterocycles. The molecule has 1 amide bonds. The monoisotopic (exact) mass is 351 g/mol. The summed E-state index contributed by atoms with van der Waals surface area (Å²) in [6, 6.07) is 5.72. The van der Waals surface area contributed by atoms with E-state index < -0.39 is 10.0 Å². The fourth-order valence-corrected chi connectivity index (χ4v) is 5.03. The topological polar surface area (TPSA) is 69.7 Å². The lowest BCUT2D eigenvalue weighted by atomic mass is 10.0. The molecule has 2 aliphatic rings. The number of anilines is 1. The van der Waals surface area contributed by atoms with Crippen molar-refractivity contribution in [2.75, 3.05) is 29.7 Å². The Morgan fingerprint density at radius 3 is 2.62 bits per heavy atom. The van der Waals surface area contributed by atoms with Crippen molar-refractivity contribution in [3.63, 3.8) is 0 Å². The molecule has 2 saturated heterocycles. The zero-order valence-electron chi connectivity index (χ0n) is 14.4. The van der Waals surface area contributed by atoms with Crippen molar-refractivity contribution in [2.24, 2.45) is 0 Å². The van der Waals surface area contributed by atoms with Crippen molar-refractivity contribution in [1.82, 2.24) is 10.2 Å². The predicted molar refractivity (Wildman–Crippen MR) is 94.9 cm³/mol. The van der Waals surface area contributed by atoms with E-state index in [1.165, 1.54) is 4.31 Å². The van der Waals surface area contributed by atoms with Crippen molar-refractivity contribution in [3.8, 4) is 0 Å². The first-order valence-electron chi connectivity index (χ1n) is 8.46. The number of carbonyl (C=O) groups is 1. The molecule has 2 atom stereocenters. The normalized spacial score (nSPS) is 26.6. The number of sulfonamides is 1. The Balaban J connectivity index is 1.86. The van der Waals surface area contributed by atoms with E-state index in [0.717, 1.165) is 12.1 Å². The van der Waals surface area contributed by atoms with Crippen molar-refractivity contribution in [3.05, 3.63) is 29.3 Å². The summed E-state index contributed by atoms with van der Waals surface area (Å²) in [6.45, 7) is 8.00. The van der Waals surface area contributed by atoms with E-state index in [2.05, 4.69) is 19.2 Å². The summed E-state index contributed by atoms with van der Waals surface area (Å²) >= 11 is 0. The predicted octanol–water partition coefficient (Wildman–Crippen LogP) is 1.36. The molecular weight excluding hydrogens is 326 g/mol. The third-order valence-electron chi connectivity index (χ3n) is 5.12. The van der Waals surface area contributed by atoms with Gasteiger partial charge in [-0.15, -0.1) is 0 Å². The van der Waals surface area contributed by atoms with Crippen LogP contribution in [0.3, 0.4) is 0 Å². The Hall–Kier alpha value is -1.60. The van der Waals surface area contributed by atoms with Crippen LogP contribution in [0.25, 0.3) is 0 Å². The highest BCUT2D eigenvalue weighted by Gasteiger charge is 2.31. The highest BCUT2D eigenvalue weighted by atomic mass is 32.2. The average molecular weight is 351 g/mol. The summed E-state index contributed by atoms with van der Waals surface area (Å²) in [6.07, 6.45) is 0.651. The third kappa shape index (κ3) is 3.02. The van der Waals surface area contributed by atoms with Crippen LogP contribution in [0.4, 0.5) is 5.69 Å². The standard InChI is InChI=1S/C17H25N3O3S/c1-12-11-15(20-8-4-10-24(20,22)23)5-6-16(12)17(21)19-9-7-18-13(2)14(19)3/h5-6,11,13-14,18H,4,7-10H2,1-3H3. The molecule has 0 saturated carbocycles. The van der Waals surface area contributed by atoms with Crippen molar-refractivity contribution in [2.45, 2.75) is 39.3 Å². The molecule has 2 aliphatic heterocycles. The SMILES string of the molecule is Cc1cc(N2CCCS2(=O)=O)ccc1C(=O)N1CCNC(C)C1C. The number of benzene rings is 1. The Labute approximate surface area is 143 Å². The molecule has 0 bridgehead atoms. The van der Waals surface area contributed by atoms with Crippen LogP contribution in [0.2, 0.25) is 0 Å². The number of amides is 1. The number of rotatable bonds is 2. The molecule has 2 unspecified atom stereocenters. The lowest BCUT2D eigenvalue weighted by Crippen LogP contribution is -2.57. The maximum absolute atomic E-state index is 12.9.